The van der Waals surface area contributed by atoms with E-state index in [9.17, 15) is 14.7 Å². The second-order valence-electron chi connectivity index (χ2n) is 18.4. The van der Waals surface area contributed by atoms with E-state index in [2.05, 4.69) is 54.5 Å². The van der Waals surface area contributed by atoms with Gasteiger partial charge in [0.25, 0.3) is 11.8 Å². The molecule has 4 aliphatic rings. The van der Waals surface area contributed by atoms with Crippen LogP contribution in [0.5, 0.6) is 5.75 Å². The Kier molecular flexibility index (Phi) is 12.0. The third-order valence-corrected chi connectivity index (χ3v) is 18.9. The number of amides is 3. The second-order valence-corrected chi connectivity index (χ2v) is 23.1. The van der Waals surface area contributed by atoms with E-state index in [0.29, 0.717) is 19.8 Å². The molecule has 0 saturated carbocycles. The van der Waals surface area contributed by atoms with Gasteiger partial charge in [-0.05, 0) is 85.1 Å². The summed E-state index contributed by atoms with van der Waals surface area (Å²) in [7, 11) is -0.863. The fraction of sp³-hybridized carbons (Fsp3) is 0.365. The zero-order valence-electron chi connectivity index (χ0n) is 37.3. The predicted molar refractivity (Wildman–Crippen MR) is 253 cm³/mol. The maximum absolute atomic E-state index is 15.5. The molecule has 4 aliphatic heterocycles. The molecule has 4 heterocycles. The largest absolute Gasteiger partial charge is 0.497 e. The van der Waals surface area contributed by atoms with E-state index in [0.717, 1.165) is 65.4 Å². The maximum Gasteiger partial charge on any atom is 0.264 e. The van der Waals surface area contributed by atoms with Crippen molar-refractivity contribution in [2.45, 2.75) is 75.2 Å². The van der Waals surface area contributed by atoms with Gasteiger partial charge >= 0.3 is 0 Å². The molecule has 9 rings (SSSR count). The average molecular weight is 878 g/mol. The van der Waals surface area contributed by atoms with Gasteiger partial charge in [-0.2, -0.15) is 0 Å². The minimum atomic E-state index is -2.52. The number of hydrogen-bond acceptors (Lipinski definition) is 8. The molecular formula is C52H59N5O6Si. The van der Waals surface area contributed by atoms with Gasteiger partial charge in [0.2, 0.25) is 5.91 Å². The van der Waals surface area contributed by atoms with Crippen LogP contribution in [0, 0.1) is 5.92 Å². The van der Waals surface area contributed by atoms with Crippen molar-refractivity contribution in [2.24, 2.45) is 5.92 Å². The summed E-state index contributed by atoms with van der Waals surface area (Å²) in [4.78, 5) is 52.1. The lowest BCUT2D eigenvalue weighted by molar-refractivity contribution is -0.150. The molecule has 4 atom stereocenters. The van der Waals surface area contributed by atoms with Gasteiger partial charge < -0.3 is 34.6 Å². The zero-order valence-corrected chi connectivity index (χ0v) is 38.3. The summed E-state index contributed by atoms with van der Waals surface area (Å²) >= 11 is 0. The van der Waals surface area contributed by atoms with Crippen molar-refractivity contribution in [3.63, 3.8) is 0 Å². The Morgan fingerprint density at radius 3 is 2.16 bits per heavy atom. The van der Waals surface area contributed by atoms with Crippen LogP contribution in [0.15, 0.2) is 133 Å². The summed E-state index contributed by atoms with van der Waals surface area (Å²) in [5.74, 6) is 0.339. The lowest BCUT2D eigenvalue weighted by Gasteiger charge is -2.39. The number of hydrogen-bond donors (Lipinski definition) is 2. The number of nitrogens with one attached hydrogen (secondary N) is 1. The topological polar surface area (TPSA) is 115 Å². The minimum absolute atomic E-state index is 0.0712. The first kappa shape index (κ1) is 43.5. The normalized spacial score (nSPS) is 22.7. The molecule has 3 fully saturated rings. The Morgan fingerprint density at radius 1 is 0.828 bits per heavy atom. The summed E-state index contributed by atoms with van der Waals surface area (Å²) in [5, 5.41) is 14.7. The van der Waals surface area contributed by atoms with Crippen molar-refractivity contribution >= 4 is 48.0 Å². The second kappa shape index (κ2) is 17.6. The number of piperidine rings is 1. The van der Waals surface area contributed by atoms with E-state index in [1.54, 1.807) is 12.0 Å². The van der Waals surface area contributed by atoms with Crippen LogP contribution >= 0.6 is 0 Å². The van der Waals surface area contributed by atoms with Crippen LogP contribution in [-0.2, 0) is 37.8 Å². The first-order valence-corrected chi connectivity index (χ1v) is 25.7. The fourth-order valence-corrected chi connectivity index (χ4v) is 15.3. The van der Waals surface area contributed by atoms with Crippen LogP contribution in [0.3, 0.4) is 0 Å². The third kappa shape index (κ3) is 7.49. The van der Waals surface area contributed by atoms with Crippen molar-refractivity contribution in [1.29, 1.82) is 0 Å². The van der Waals surface area contributed by atoms with E-state index < -0.39 is 25.3 Å². The van der Waals surface area contributed by atoms with E-state index in [1.165, 1.54) is 5.19 Å². The molecule has 3 saturated heterocycles. The maximum atomic E-state index is 15.5. The number of anilines is 3. The highest BCUT2D eigenvalue weighted by molar-refractivity contribution is 6.91. The number of carbonyl (C=O) groups is 3. The Labute approximate surface area is 377 Å². The molecule has 64 heavy (non-hydrogen) atoms. The fourth-order valence-electron chi connectivity index (χ4n) is 11.3. The smallest absolute Gasteiger partial charge is 0.264 e. The average Bonchev–Trinajstić information content (AvgIpc) is 3.87. The molecule has 0 aromatic heterocycles. The van der Waals surface area contributed by atoms with Gasteiger partial charge in [-0.15, -0.1) is 0 Å². The van der Waals surface area contributed by atoms with Crippen LogP contribution in [0.2, 0.25) is 18.6 Å². The summed E-state index contributed by atoms with van der Waals surface area (Å²) in [6, 6.07) is 44.2. The number of benzene rings is 5. The Balaban J connectivity index is 1.02. The van der Waals surface area contributed by atoms with Gasteiger partial charge in [0.1, 0.15) is 11.3 Å². The van der Waals surface area contributed by atoms with Gasteiger partial charge in [0.15, 0.2) is 5.60 Å². The number of carbonyl (C=O) groups excluding carboxylic acids is 3. The zero-order chi connectivity index (χ0) is 44.6. The lowest BCUT2D eigenvalue weighted by atomic mass is 9.82. The molecule has 332 valence electrons. The van der Waals surface area contributed by atoms with Crippen molar-refractivity contribution in [3.05, 3.63) is 150 Å². The van der Waals surface area contributed by atoms with E-state index in [-0.39, 0.29) is 48.8 Å². The first-order chi connectivity index (χ1) is 31.0. The van der Waals surface area contributed by atoms with Gasteiger partial charge in [-0.3, -0.25) is 19.3 Å². The molecule has 2 N–H and O–H groups in total. The number of methoxy groups -OCH3 is 1. The SMILES string of the molecule is COc1ccc([Si](C)(C)[C@@H]2[C@@H](CC(=O)N(CCO)Cc3ccccc3)O[C@]3(C(=O)N(Cc4ccc(N5CN(c6ccccc6)C6(CCNCC6)C5=O)cc4)c4ccccc43)[C@H]2C)cc1. The number of aliphatic hydroxyl groups is 1. The van der Waals surface area contributed by atoms with Gasteiger partial charge in [0, 0.05) is 35.9 Å². The van der Waals surface area contributed by atoms with Crippen LogP contribution in [0.4, 0.5) is 17.1 Å². The summed E-state index contributed by atoms with van der Waals surface area (Å²) in [6.07, 6.45) is 0.967. The highest BCUT2D eigenvalue weighted by Crippen LogP contribution is 2.60. The Bertz CT molecular complexity index is 2460. The number of aliphatic hydroxyl groups excluding tert-OH is 1. The minimum Gasteiger partial charge on any atom is -0.497 e. The number of rotatable bonds is 13. The molecule has 0 bridgehead atoms. The number of nitrogens with zero attached hydrogens (tertiary/aromatic N) is 4. The molecule has 3 amide bonds. The van der Waals surface area contributed by atoms with Crippen molar-refractivity contribution in [1.82, 2.24) is 10.2 Å². The van der Waals surface area contributed by atoms with E-state index >= 15 is 4.79 Å². The Hall–Kier alpha value is -5.79. The highest BCUT2D eigenvalue weighted by atomic mass is 28.3. The molecular weight excluding hydrogens is 819 g/mol. The molecule has 5 aromatic rings. The lowest BCUT2D eigenvalue weighted by Crippen LogP contribution is -2.55. The number of ether oxygens (including phenoxy) is 2. The molecule has 12 heteroatoms. The monoisotopic (exact) mass is 877 g/mol. The summed E-state index contributed by atoms with van der Waals surface area (Å²) in [6.45, 7) is 9.48. The number of fused-ring (bicyclic) bond motifs is 2. The molecule has 11 nitrogen and oxygen atoms in total. The first-order valence-electron chi connectivity index (χ1n) is 22.6. The van der Waals surface area contributed by atoms with Crippen LogP contribution in [-0.4, -0.2) is 87.5 Å². The van der Waals surface area contributed by atoms with E-state index in [4.69, 9.17) is 9.47 Å². The highest BCUT2D eigenvalue weighted by Gasteiger charge is 2.66. The Morgan fingerprint density at radius 2 is 1.48 bits per heavy atom. The van der Waals surface area contributed by atoms with Gasteiger partial charge in [0.05, 0.1) is 53.2 Å². The third-order valence-electron chi connectivity index (χ3n) is 14.6. The molecule has 0 aliphatic carbocycles. The van der Waals surface area contributed by atoms with Gasteiger partial charge in [-0.25, -0.2) is 0 Å². The van der Waals surface area contributed by atoms with Crippen LogP contribution in [0.25, 0.3) is 0 Å². The molecule has 2 spiro atoms. The van der Waals surface area contributed by atoms with Gasteiger partial charge in [-0.1, -0.05) is 116 Å². The molecule has 0 radical (unpaired) electrons. The van der Waals surface area contributed by atoms with E-state index in [1.807, 2.05) is 119 Å². The van der Waals surface area contributed by atoms with Crippen molar-refractivity contribution in [2.75, 3.05) is 54.7 Å². The summed E-state index contributed by atoms with van der Waals surface area (Å²) in [5.41, 5.74) is 3.32. The van der Waals surface area contributed by atoms with Crippen LogP contribution < -0.4 is 29.9 Å². The molecule has 5 aromatic carbocycles. The molecule has 0 unspecified atom stereocenters. The van der Waals surface area contributed by atoms with Crippen molar-refractivity contribution in [3.8, 4) is 5.75 Å². The summed E-state index contributed by atoms with van der Waals surface area (Å²) < 4.78 is 12.8. The number of para-hydroxylation sites is 2. The van der Waals surface area contributed by atoms with Crippen LogP contribution in [0.1, 0.15) is 42.9 Å². The predicted octanol–water partition coefficient (Wildman–Crippen LogP) is 6.80. The van der Waals surface area contributed by atoms with Crippen molar-refractivity contribution < 1.29 is 29.0 Å². The standard InChI is InChI=1S/C52H59N5O6Si/c1-37-48(64(3,4)43-25-23-42(62-2)24-26-43)46(33-47(59)54(31-32-58)34-38-13-7-5-8-14-38)63-52(37)44-17-11-12-18-45(44)55(50(52)61)35-39-19-21-40(22-20-39)56-36-57(41-15-9-6-10-16-41)51(49(56)60)27-29-53-30-28-51/h5-26,37,46,48,53,58H,27-36H2,1-4H3/t37-,46+,48-,52+/m0/s1. The quantitative estimate of drug-likeness (QED) is 0.124.